The Balaban J connectivity index is 1.51. The fraction of sp³-hybridized carbons (Fsp3) is 0.391. The highest BCUT2D eigenvalue weighted by molar-refractivity contribution is 7.99. The van der Waals surface area contributed by atoms with E-state index in [4.69, 9.17) is 0 Å². The summed E-state index contributed by atoms with van der Waals surface area (Å²) in [5.74, 6) is 0.822. The Kier molecular flexibility index (Phi) is 5.19. The number of thioether (sulfide) groups is 1. The number of aryl methyl sites for hydroxylation is 3. The SMILES string of the molecule is Cc1ccc(C2SCCN2C(=O)C2CC(=O)N(c3ccc(C)c(C)c3)C2)cc1. The quantitative estimate of drug-likeness (QED) is 0.782. The number of nitrogens with zero attached hydrogens (tertiary/aromatic N) is 2. The summed E-state index contributed by atoms with van der Waals surface area (Å²) in [5.41, 5.74) is 5.65. The van der Waals surface area contributed by atoms with Gasteiger partial charge < -0.3 is 9.80 Å². The van der Waals surface area contributed by atoms with E-state index in [0.717, 1.165) is 29.1 Å². The average Bonchev–Trinajstić information content (AvgIpc) is 3.31. The molecule has 2 aromatic rings. The summed E-state index contributed by atoms with van der Waals surface area (Å²) in [4.78, 5) is 29.7. The first-order valence-electron chi connectivity index (χ1n) is 9.80. The van der Waals surface area contributed by atoms with Gasteiger partial charge in [-0.15, -0.1) is 11.8 Å². The molecule has 2 saturated heterocycles. The van der Waals surface area contributed by atoms with Gasteiger partial charge in [0.1, 0.15) is 5.37 Å². The molecule has 0 aliphatic carbocycles. The highest BCUT2D eigenvalue weighted by Gasteiger charge is 2.40. The fourth-order valence-electron chi connectivity index (χ4n) is 3.95. The van der Waals surface area contributed by atoms with E-state index in [1.165, 1.54) is 11.1 Å². The maximum Gasteiger partial charge on any atom is 0.229 e. The summed E-state index contributed by atoms with van der Waals surface area (Å²) in [7, 11) is 0. The molecule has 146 valence electrons. The molecule has 4 rings (SSSR count). The van der Waals surface area contributed by atoms with Crippen molar-refractivity contribution in [3.05, 3.63) is 64.7 Å². The maximum absolute atomic E-state index is 13.3. The van der Waals surface area contributed by atoms with Crippen LogP contribution in [0.3, 0.4) is 0 Å². The van der Waals surface area contributed by atoms with Crippen LogP contribution in [0.15, 0.2) is 42.5 Å². The Morgan fingerprint density at radius 3 is 2.50 bits per heavy atom. The number of rotatable bonds is 3. The third-order valence-corrected chi connectivity index (χ3v) is 7.07. The molecule has 2 amide bonds. The molecule has 0 spiro atoms. The summed E-state index contributed by atoms with van der Waals surface area (Å²) in [6.45, 7) is 7.40. The smallest absolute Gasteiger partial charge is 0.229 e. The van der Waals surface area contributed by atoms with Gasteiger partial charge in [-0.25, -0.2) is 0 Å². The van der Waals surface area contributed by atoms with Crippen LogP contribution < -0.4 is 4.90 Å². The second-order valence-corrected chi connectivity index (χ2v) is 9.03. The zero-order valence-electron chi connectivity index (χ0n) is 16.6. The first-order valence-corrected chi connectivity index (χ1v) is 10.8. The van der Waals surface area contributed by atoms with Gasteiger partial charge in [0.2, 0.25) is 11.8 Å². The Labute approximate surface area is 170 Å². The lowest BCUT2D eigenvalue weighted by Gasteiger charge is -2.27. The maximum atomic E-state index is 13.3. The van der Waals surface area contributed by atoms with Gasteiger partial charge in [0.25, 0.3) is 0 Å². The standard InChI is InChI=1S/C23H26N2O2S/c1-15-4-7-18(8-5-15)23-24(10-11-28-23)22(27)19-13-21(26)25(14-19)20-9-6-16(2)17(3)12-20/h4-9,12,19,23H,10-11,13-14H2,1-3H3. The summed E-state index contributed by atoms with van der Waals surface area (Å²) in [6, 6.07) is 14.5. The zero-order chi connectivity index (χ0) is 19.8. The van der Waals surface area contributed by atoms with Crippen molar-refractivity contribution in [1.82, 2.24) is 4.90 Å². The number of benzene rings is 2. The Morgan fingerprint density at radius 1 is 1.04 bits per heavy atom. The lowest BCUT2D eigenvalue weighted by atomic mass is 10.1. The number of amides is 2. The van der Waals surface area contributed by atoms with Crippen LogP contribution in [0, 0.1) is 26.7 Å². The molecule has 2 unspecified atom stereocenters. The fourth-order valence-corrected chi connectivity index (χ4v) is 5.22. The first kappa shape index (κ1) is 19.1. The largest absolute Gasteiger partial charge is 0.325 e. The highest BCUT2D eigenvalue weighted by atomic mass is 32.2. The van der Waals surface area contributed by atoms with E-state index in [0.29, 0.717) is 13.0 Å². The molecule has 0 bridgehead atoms. The van der Waals surface area contributed by atoms with Crippen LogP contribution in [0.4, 0.5) is 5.69 Å². The van der Waals surface area contributed by atoms with E-state index in [9.17, 15) is 9.59 Å². The zero-order valence-corrected chi connectivity index (χ0v) is 17.5. The van der Waals surface area contributed by atoms with E-state index in [2.05, 4.69) is 45.0 Å². The first-order chi connectivity index (χ1) is 13.4. The van der Waals surface area contributed by atoms with Gasteiger partial charge in [-0.1, -0.05) is 35.9 Å². The van der Waals surface area contributed by atoms with Crippen molar-refractivity contribution in [2.75, 3.05) is 23.7 Å². The topological polar surface area (TPSA) is 40.6 Å². The van der Waals surface area contributed by atoms with Crippen LogP contribution >= 0.6 is 11.8 Å². The Hall–Kier alpha value is -2.27. The molecular formula is C23H26N2O2S. The van der Waals surface area contributed by atoms with Crippen molar-refractivity contribution >= 4 is 29.3 Å². The van der Waals surface area contributed by atoms with Gasteiger partial charge in [0.05, 0.1) is 5.92 Å². The molecule has 2 heterocycles. The summed E-state index contributed by atoms with van der Waals surface area (Å²) < 4.78 is 0. The molecular weight excluding hydrogens is 368 g/mol. The molecule has 2 aliphatic rings. The van der Waals surface area contributed by atoms with Crippen LogP contribution in [0.1, 0.15) is 34.0 Å². The minimum atomic E-state index is -0.263. The molecule has 0 saturated carbocycles. The second kappa shape index (κ2) is 7.63. The normalized spacial score (nSPS) is 22.2. The van der Waals surface area contributed by atoms with E-state index < -0.39 is 0 Å². The lowest BCUT2D eigenvalue weighted by molar-refractivity contribution is -0.136. The minimum Gasteiger partial charge on any atom is -0.325 e. The van der Waals surface area contributed by atoms with Crippen LogP contribution in [0.25, 0.3) is 0 Å². The summed E-state index contributed by atoms with van der Waals surface area (Å²) >= 11 is 1.80. The molecule has 2 atom stereocenters. The van der Waals surface area contributed by atoms with Crippen LogP contribution in [0.5, 0.6) is 0 Å². The van der Waals surface area contributed by atoms with Crippen LogP contribution in [0.2, 0.25) is 0 Å². The lowest BCUT2D eigenvalue weighted by Crippen LogP contribution is -2.37. The van der Waals surface area contributed by atoms with Gasteiger partial charge in [-0.2, -0.15) is 0 Å². The molecule has 28 heavy (non-hydrogen) atoms. The molecule has 0 radical (unpaired) electrons. The second-order valence-electron chi connectivity index (χ2n) is 7.84. The van der Waals surface area contributed by atoms with E-state index in [1.54, 1.807) is 16.7 Å². The van der Waals surface area contributed by atoms with Crippen molar-refractivity contribution in [3.63, 3.8) is 0 Å². The number of anilines is 1. The average molecular weight is 395 g/mol. The van der Waals surface area contributed by atoms with Gasteiger partial charge in [-0.05, 0) is 49.6 Å². The number of carbonyl (C=O) groups is 2. The van der Waals surface area contributed by atoms with Crippen molar-refractivity contribution < 1.29 is 9.59 Å². The molecule has 2 aliphatic heterocycles. The Morgan fingerprint density at radius 2 is 1.79 bits per heavy atom. The molecule has 4 nitrogen and oxygen atoms in total. The van der Waals surface area contributed by atoms with Crippen molar-refractivity contribution in [2.24, 2.45) is 5.92 Å². The minimum absolute atomic E-state index is 0.0420. The summed E-state index contributed by atoms with van der Waals surface area (Å²) in [6.07, 6.45) is 0.299. The number of hydrogen-bond donors (Lipinski definition) is 0. The van der Waals surface area contributed by atoms with Gasteiger partial charge in [0, 0.05) is 31.0 Å². The van der Waals surface area contributed by atoms with Crippen LogP contribution in [-0.2, 0) is 9.59 Å². The van der Waals surface area contributed by atoms with Gasteiger partial charge in [0.15, 0.2) is 0 Å². The van der Waals surface area contributed by atoms with Crippen molar-refractivity contribution in [2.45, 2.75) is 32.6 Å². The van der Waals surface area contributed by atoms with Crippen molar-refractivity contribution in [3.8, 4) is 0 Å². The number of carbonyl (C=O) groups excluding carboxylic acids is 2. The number of hydrogen-bond acceptors (Lipinski definition) is 3. The third kappa shape index (κ3) is 3.55. The van der Waals surface area contributed by atoms with Gasteiger partial charge in [-0.3, -0.25) is 9.59 Å². The Bertz CT molecular complexity index is 909. The predicted molar refractivity (Wildman–Crippen MR) is 114 cm³/mol. The van der Waals surface area contributed by atoms with Gasteiger partial charge >= 0.3 is 0 Å². The predicted octanol–water partition coefficient (Wildman–Crippen LogP) is 4.24. The molecule has 0 aromatic heterocycles. The van der Waals surface area contributed by atoms with Crippen LogP contribution in [-0.4, -0.2) is 35.6 Å². The summed E-state index contributed by atoms with van der Waals surface area (Å²) in [5, 5.41) is 0.0545. The molecule has 2 fully saturated rings. The third-order valence-electron chi connectivity index (χ3n) is 5.81. The highest BCUT2D eigenvalue weighted by Crippen LogP contribution is 2.40. The van der Waals surface area contributed by atoms with E-state index in [-0.39, 0.29) is 23.1 Å². The molecule has 0 N–H and O–H groups in total. The molecule has 5 heteroatoms. The van der Waals surface area contributed by atoms with E-state index >= 15 is 0 Å². The van der Waals surface area contributed by atoms with E-state index in [1.807, 2.05) is 23.1 Å². The molecule has 2 aromatic carbocycles. The monoisotopic (exact) mass is 394 g/mol. The van der Waals surface area contributed by atoms with Crippen molar-refractivity contribution in [1.29, 1.82) is 0 Å².